The molecule has 0 aliphatic heterocycles. The van der Waals surface area contributed by atoms with Gasteiger partial charge < -0.3 is 10.1 Å². The summed E-state index contributed by atoms with van der Waals surface area (Å²) in [6.45, 7) is 3.03. The van der Waals surface area contributed by atoms with Crippen molar-refractivity contribution in [2.45, 2.75) is 13.3 Å². The first-order valence-electron chi connectivity index (χ1n) is 6.32. The molecule has 0 atom stereocenters. The van der Waals surface area contributed by atoms with Crippen molar-refractivity contribution in [2.24, 2.45) is 0 Å². The third-order valence-electron chi connectivity index (χ3n) is 3.16. The zero-order valence-electron chi connectivity index (χ0n) is 11.2. The third kappa shape index (κ3) is 3.74. The van der Waals surface area contributed by atoms with E-state index in [-0.39, 0.29) is 0 Å². The Morgan fingerprint density at radius 1 is 1.11 bits per heavy atom. The van der Waals surface area contributed by atoms with Crippen LogP contribution in [0, 0.1) is 6.92 Å². The van der Waals surface area contributed by atoms with Gasteiger partial charge in [0, 0.05) is 16.7 Å². The summed E-state index contributed by atoms with van der Waals surface area (Å²) in [5.41, 5.74) is 3.74. The zero-order chi connectivity index (χ0) is 13.7. The van der Waals surface area contributed by atoms with Crippen LogP contribution in [0.4, 0.5) is 5.69 Å². The Kier molecular flexibility index (Phi) is 4.86. The van der Waals surface area contributed by atoms with Crippen molar-refractivity contribution >= 4 is 21.6 Å². The van der Waals surface area contributed by atoms with Crippen LogP contribution in [0.1, 0.15) is 11.1 Å². The predicted molar refractivity (Wildman–Crippen MR) is 84.1 cm³/mol. The predicted octanol–water partition coefficient (Wildman–Crippen LogP) is 4.42. The summed E-state index contributed by atoms with van der Waals surface area (Å²) in [5.74, 6) is 0.902. The summed E-state index contributed by atoms with van der Waals surface area (Å²) in [6.07, 6.45) is 0.996. The number of anilines is 1. The minimum atomic E-state index is 0.902. The molecule has 2 rings (SSSR count). The molecule has 3 heteroatoms. The first-order valence-corrected chi connectivity index (χ1v) is 7.12. The molecule has 0 unspecified atom stereocenters. The van der Waals surface area contributed by atoms with Gasteiger partial charge in [0.15, 0.2) is 0 Å². The maximum Gasteiger partial charge on any atom is 0.118 e. The minimum absolute atomic E-state index is 0.902. The standard InChI is InChI=1S/C16H18BrNO/c1-12-15(17)4-3-5-16(12)18-11-10-13-6-8-14(19-2)9-7-13/h3-9,18H,10-11H2,1-2H3. The first-order chi connectivity index (χ1) is 9.20. The number of methoxy groups -OCH3 is 1. The Labute approximate surface area is 122 Å². The highest BCUT2D eigenvalue weighted by Gasteiger charge is 2.01. The van der Waals surface area contributed by atoms with Crippen LogP contribution in [0.25, 0.3) is 0 Å². The van der Waals surface area contributed by atoms with Crippen molar-refractivity contribution in [3.8, 4) is 5.75 Å². The van der Waals surface area contributed by atoms with Crippen LogP contribution in [0.5, 0.6) is 5.75 Å². The molecule has 0 radical (unpaired) electrons. The van der Waals surface area contributed by atoms with Crippen LogP contribution in [0.15, 0.2) is 46.9 Å². The number of hydrogen-bond donors (Lipinski definition) is 1. The third-order valence-corrected chi connectivity index (χ3v) is 4.01. The van der Waals surface area contributed by atoms with Gasteiger partial charge >= 0.3 is 0 Å². The van der Waals surface area contributed by atoms with Crippen LogP contribution in [-0.4, -0.2) is 13.7 Å². The summed E-state index contributed by atoms with van der Waals surface area (Å²) in [5, 5.41) is 3.47. The highest BCUT2D eigenvalue weighted by Crippen LogP contribution is 2.23. The molecule has 0 amide bonds. The smallest absolute Gasteiger partial charge is 0.118 e. The minimum Gasteiger partial charge on any atom is -0.497 e. The molecule has 1 N–H and O–H groups in total. The van der Waals surface area contributed by atoms with E-state index in [1.807, 2.05) is 18.2 Å². The van der Waals surface area contributed by atoms with Crippen LogP contribution in [-0.2, 0) is 6.42 Å². The Bertz CT molecular complexity index is 537. The molecule has 2 nitrogen and oxygen atoms in total. The van der Waals surface area contributed by atoms with E-state index in [1.165, 1.54) is 16.8 Å². The largest absolute Gasteiger partial charge is 0.497 e. The molecule has 0 saturated heterocycles. The number of ether oxygens (including phenoxy) is 1. The van der Waals surface area contributed by atoms with Gasteiger partial charge in [-0.25, -0.2) is 0 Å². The molecule has 19 heavy (non-hydrogen) atoms. The van der Waals surface area contributed by atoms with E-state index in [9.17, 15) is 0 Å². The lowest BCUT2D eigenvalue weighted by Gasteiger charge is -2.11. The lowest BCUT2D eigenvalue weighted by Crippen LogP contribution is -2.06. The van der Waals surface area contributed by atoms with Crippen molar-refractivity contribution in [2.75, 3.05) is 19.0 Å². The second kappa shape index (κ2) is 6.62. The fraction of sp³-hybridized carbons (Fsp3) is 0.250. The SMILES string of the molecule is COc1ccc(CCNc2cccc(Br)c2C)cc1. The molecular formula is C16H18BrNO. The lowest BCUT2D eigenvalue weighted by molar-refractivity contribution is 0.414. The average molecular weight is 320 g/mol. The maximum atomic E-state index is 5.15. The number of nitrogens with one attached hydrogen (secondary N) is 1. The fourth-order valence-corrected chi connectivity index (χ4v) is 2.30. The van der Waals surface area contributed by atoms with Gasteiger partial charge in [-0.05, 0) is 48.7 Å². The van der Waals surface area contributed by atoms with Gasteiger partial charge in [0.25, 0.3) is 0 Å². The fourth-order valence-electron chi connectivity index (χ4n) is 1.93. The Balaban J connectivity index is 1.90. The molecule has 0 aromatic heterocycles. The molecule has 2 aromatic carbocycles. The number of halogens is 1. The van der Waals surface area contributed by atoms with Crippen molar-refractivity contribution in [1.29, 1.82) is 0 Å². The Morgan fingerprint density at radius 3 is 2.53 bits per heavy atom. The maximum absolute atomic E-state index is 5.15. The average Bonchev–Trinajstić information content (AvgIpc) is 2.44. The van der Waals surface area contributed by atoms with E-state index in [4.69, 9.17) is 4.74 Å². The molecular weight excluding hydrogens is 302 g/mol. The molecule has 0 spiro atoms. The summed E-state index contributed by atoms with van der Waals surface area (Å²) in [6, 6.07) is 14.4. The number of benzene rings is 2. The van der Waals surface area contributed by atoms with Crippen molar-refractivity contribution in [3.05, 3.63) is 58.1 Å². The summed E-state index contributed by atoms with van der Waals surface area (Å²) in [7, 11) is 1.69. The second-order valence-corrected chi connectivity index (χ2v) is 5.29. The Morgan fingerprint density at radius 2 is 1.84 bits per heavy atom. The lowest BCUT2D eigenvalue weighted by atomic mass is 10.1. The van der Waals surface area contributed by atoms with Crippen molar-refractivity contribution < 1.29 is 4.74 Å². The van der Waals surface area contributed by atoms with Gasteiger partial charge in [-0.3, -0.25) is 0 Å². The molecule has 2 aromatic rings. The topological polar surface area (TPSA) is 21.3 Å². The first kappa shape index (κ1) is 13.9. The summed E-state index contributed by atoms with van der Waals surface area (Å²) < 4.78 is 6.29. The number of hydrogen-bond acceptors (Lipinski definition) is 2. The van der Waals surface area contributed by atoms with Crippen LogP contribution >= 0.6 is 15.9 Å². The van der Waals surface area contributed by atoms with Crippen LogP contribution in [0.3, 0.4) is 0 Å². The molecule has 0 fully saturated rings. The summed E-state index contributed by atoms with van der Waals surface area (Å²) >= 11 is 3.54. The molecule has 0 aliphatic rings. The van der Waals surface area contributed by atoms with Gasteiger partial charge in [-0.2, -0.15) is 0 Å². The monoisotopic (exact) mass is 319 g/mol. The highest BCUT2D eigenvalue weighted by atomic mass is 79.9. The van der Waals surface area contributed by atoms with Crippen LogP contribution in [0.2, 0.25) is 0 Å². The van der Waals surface area contributed by atoms with Gasteiger partial charge in [-0.15, -0.1) is 0 Å². The highest BCUT2D eigenvalue weighted by molar-refractivity contribution is 9.10. The van der Waals surface area contributed by atoms with Crippen LogP contribution < -0.4 is 10.1 Å². The van der Waals surface area contributed by atoms with E-state index in [1.54, 1.807) is 7.11 Å². The van der Waals surface area contributed by atoms with E-state index < -0.39 is 0 Å². The zero-order valence-corrected chi connectivity index (χ0v) is 12.8. The quantitative estimate of drug-likeness (QED) is 0.880. The van der Waals surface area contributed by atoms with E-state index in [0.717, 1.165) is 23.2 Å². The van der Waals surface area contributed by atoms with Gasteiger partial charge in [0.05, 0.1) is 7.11 Å². The van der Waals surface area contributed by atoms with Gasteiger partial charge in [0.2, 0.25) is 0 Å². The molecule has 0 bridgehead atoms. The molecule has 100 valence electrons. The Hall–Kier alpha value is -1.48. The molecule has 0 aliphatic carbocycles. The number of rotatable bonds is 5. The second-order valence-electron chi connectivity index (χ2n) is 4.44. The normalized spacial score (nSPS) is 10.3. The molecule has 0 heterocycles. The van der Waals surface area contributed by atoms with E-state index in [2.05, 4.69) is 52.4 Å². The van der Waals surface area contributed by atoms with Crippen molar-refractivity contribution in [3.63, 3.8) is 0 Å². The van der Waals surface area contributed by atoms with E-state index >= 15 is 0 Å². The van der Waals surface area contributed by atoms with Crippen molar-refractivity contribution in [1.82, 2.24) is 0 Å². The molecule has 0 saturated carbocycles. The van der Waals surface area contributed by atoms with Gasteiger partial charge in [0.1, 0.15) is 5.75 Å². The summed E-state index contributed by atoms with van der Waals surface area (Å²) in [4.78, 5) is 0. The van der Waals surface area contributed by atoms with Gasteiger partial charge in [-0.1, -0.05) is 34.1 Å². The van der Waals surface area contributed by atoms with E-state index in [0.29, 0.717) is 0 Å².